The number of rotatable bonds is 6. The van der Waals surface area contributed by atoms with E-state index in [-0.39, 0.29) is 15.4 Å². The van der Waals surface area contributed by atoms with Crippen LogP contribution in [0, 0.1) is 6.92 Å². The molecule has 5 aromatic rings. The van der Waals surface area contributed by atoms with Crippen LogP contribution in [0.5, 0.6) is 0 Å². The maximum atomic E-state index is 12.9. The number of hydrogen-bond acceptors (Lipinski definition) is 6. The molecule has 3 aromatic carbocycles. The minimum absolute atomic E-state index is 0.104. The van der Waals surface area contributed by atoms with E-state index < -0.39 is 10.0 Å². The Morgan fingerprint density at radius 3 is 2.47 bits per heavy atom. The fourth-order valence-corrected chi connectivity index (χ4v) is 5.85. The summed E-state index contributed by atoms with van der Waals surface area (Å²) in [5.74, 6) is -0.383. The molecule has 0 atom stereocenters. The highest BCUT2D eigenvalue weighted by Crippen LogP contribution is 2.32. The van der Waals surface area contributed by atoms with Crippen LogP contribution in [-0.2, 0) is 16.6 Å². The van der Waals surface area contributed by atoms with E-state index in [1.165, 1.54) is 0 Å². The summed E-state index contributed by atoms with van der Waals surface area (Å²) in [7, 11) is -3.98. The van der Waals surface area contributed by atoms with Gasteiger partial charge in [-0.25, -0.2) is 0 Å². The Bertz CT molecular complexity index is 1640. The zero-order chi connectivity index (χ0) is 23.9. The van der Waals surface area contributed by atoms with Crippen LogP contribution in [0.1, 0.15) is 22.8 Å². The summed E-state index contributed by atoms with van der Waals surface area (Å²) in [6, 6.07) is 20.5. The molecule has 34 heavy (non-hydrogen) atoms. The van der Waals surface area contributed by atoms with Gasteiger partial charge in [0.2, 0.25) is 5.13 Å². The number of aromatic nitrogens is 3. The lowest BCUT2D eigenvalue weighted by molar-refractivity contribution is 0.102. The number of carbonyl (C=O) groups is 1. The molecule has 2 heterocycles. The van der Waals surface area contributed by atoms with Crippen LogP contribution in [-0.4, -0.2) is 29.1 Å². The van der Waals surface area contributed by atoms with Crippen molar-refractivity contribution in [3.8, 4) is 0 Å². The number of amides is 1. The fraction of sp³-hybridized carbons (Fsp3) is 0.125. The van der Waals surface area contributed by atoms with Gasteiger partial charge in [-0.05, 0) is 50.2 Å². The Kier molecular flexibility index (Phi) is 5.54. The van der Waals surface area contributed by atoms with Gasteiger partial charge in [0.15, 0.2) is 0 Å². The van der Waals surface area contributed by atoms with Gasteiger partial charge in [-0.2, -0.15) is 8.42 Å². The third-order valence-corrected chi connectivity index (χ3v) is 8.10. The van der Waals surface area contributed by atoms with Gasteiger partial charge < -0.3 is 4.57 Å². The van der Waals surface area contributed by atoms with Crippen LogP contribution in [0.25, 0.3) is 21.8 Å². The van der Waals surface area contributed by atoms with E-state index in [2.05, 4.69) is 37.8 Å². The molecule has 0 saturated heterocycles. The molecule has 2 N–H and O–H groups in total. The first-order chi connectivity index (χ1) is 16.4. The van der Waals surface area contributed by atoms with Crippen molar-refractivity contribution in [3.05, 3.63) is 77.9 Å². The van der Waals surface area contributed by atoms with Gasteiger partial charge in [0.1, 0.15) is 0 Å². The lowest BCUT2D eigenvalue weighted by Crippen LogP contribution is -2.12. The monoisotopic (exact) mass is 491 g/mol. The lowest BCUT2D eigenvalue weighted by atomic mass is 10.1. The number of hydrogen-bond donors (Lipinski definition) is 2. The van der Waals surface area contributed by atoms with Crippen molar-refractivity contribution in [2.45, 2.75) is 24.7 Å². The molecule has 0 aliphatic heterocycles. The molecule has 172 valence electrons. The van der Waals surface area contributed by atoms with Crippen LogP contribution in [0.3, 0.4) is 0 Å². The van der Waals surface area contributed by atoms with Gasteiger partial charge in [-0.1, -0.05) is 47.2 Å². The molecule has 0 aliphatic carbocycles. The second-order valence-corrected chi connectivity index (χ2v) is 10.6. The Morgan fingerprint density at radius 1 is 0.971 bits per heavy atom. The molecule has 2 aromatic heterocycles. The molecule has 0 saturated carbocycles. The minimum Gasteiger partial charge on any atom is -0.341 e. The van der Waals surface area contributed by atoms with Crippen LogP contribution >= 0.6 is 11.3 Å². The van der Waals surface area contributed by atoms with Gasteiger partial charge in [0, 0.05) is 39.6 Å². The van der Waals surface area contributed by atoms with Crippen LogP contribution in [0.15, 0.2) is 71.1 Å². The average molecular weight is 492 g/mol. The summed E-state index contributed by atoms with van der Waals surface area (Å²) >= 11 is 0.790. The van der Waals surface area contributed by atoms with E-state index in [9.17, 15) is 13.2 Å². The number of aryl methyl sites for hydroxylation is 2. The maximum absolute atomic E-state index is 12.9. The molecule has 5 rings (SSSR count). The molecule has 10 heteroatoms. The molecule has 8 nitrogen and oxygen atoms in total. The molecule has 0 spiro atoms. The Morgan fingerprint density at radius 2 is 1.71 bits per heavy atom. The molecule has 0 bridgehead atoms. The number of para-hydroxylation sites is 1. The van der Waals surface area contributed by atoms with Crippen molar-refractivity contribution < 1.29 is 13.2 Å². The van der Waals surface area contributed by atoms with Gasteiger partial charge >= 0.3 is 0 Å². The summed E-state index contributed by atoms with van der Waals surface area (Å²) in [5.41, 5.74) is 4.03. The van der Waals surface area contributed by atoms with E-state index in [1.807, 2.05) is 49.4 Å². The zero-order valence-corrected chi connectivity index (χ0v) is 20.1. The van der Waals surface area contributed by atoms with Crippen molar-refractivity contribution in [2.75, 3.05) is 10.0 Å². The summed E-state index contributed by atoms with van der Waals surface area (Å²) in [5, 5.41) is 12.3. The van der Waals surface area contributed by atoms with Crippen LogP contribution in [0.4, 0.5) is 10.8 Å². The Hall–Kier alpha value is -3.76. The van der Waals surface area contributed by atoms with Crippen LogP contribution in [0.2, 0.25) is 0 Å². The molecule has 0 unspecified atom stereocenters. The lowest BCUT2D eigenvalue weighted by Gasteiger charge is -2.06. The highest BCUT2D eigenvalue weighted by molar-refractivity contribution is 7.94. The largest absolute Gasteiger partial charge is 0.341 e. The Labute approximate surface area is 200 Å². The first-order valence-corrected chi connectivity index (χ1v) is 12.9. The Balaban J connectivity index is 1.40. The normalized spacial score (nSPS) is 11.7. The predicted molar refractivity (Wildman–Crippen MR) is 135 cm³/mol. The first kappa shape index (κ1) is 22.1. The molecule has 1 amide bonds. The van der Waals surface area contributed by atoms with Gasteiger partial charge in [-0.3, -0.25) is 14.8 Å². The third-order valence-electron chi connectivity index (χ3n) is 5.51. The summed E-state index contributed by atoms with van der Waals surface area (Å²) in [6.45, 7) is 4.81. The quantitative estimate of drug-likeness (QED) is 0.324. The predicted octanol–water partition coefficient (Wildman–Crippen LogP) is 5.03. The van der Waals surface area contributed by atoms with Gasteiger partial charge in [0.25, 0.3) is 20.3 Å². The van der Waals surface area contributed by atoms with Gasteiger partial charge in [-0.15, -0.1) is 10.2 Å². The van der Waals surface area contributed by atoms with Crippen molar-refractivity contribution in [3.63, 3.8) is 0 Å². The highest BCUT2D eigenvalue weighted by Gasteiger charge is 2.22. The molecule has 0 radical (unpaired) electrons. The van der Waals surface area contributed by atoms with Crippen molar-refractivity contribution in [2.24, 2.45) is 0 Å². The molecular weight excluding hydrogens is 470 g/mol. The average Bonchev–Trinajstić information content (AvgIpc) is 3.42. The first-order valence-electron chi connectivity index (χ1n) is 10.6. The molecule has 0 aliphatic rings. The number of anilines is 2. The summed E-state index contributed by atoms with van der Waals surface area (Å²) in [6.07, 6.45) is 0. The summed E-state index contributed by atoms with van der Waals surface area (Å²) in [4.78, 5) is 12.4. The van der Waals surface area contributed by atoms with E-state index >= 15 is 0 Å². The number of nitrogens with one attached hydrogen (secondary N) is 2. The number of nitrogens with zero attached hydrogens (tertiary/aromatic N) is 3. The number of sulfonamides is 1. The maximum Gasteiger partial charge on any atom is 0.291 e. The number of fused-ring (bicyclic) bond motifs is 3. The second kappa shape index (κ2) is 8.54. The van der Waals surface area contributed by atoms with E-state index in [1.54, 1.807) is 18.2 Å². The van der Waals surface area contributed by atoms with E-state index in [4.69, 9.17) is 0 Å². The second-order valence-electron chi connectivity index (χ2n) is 7.79. The third kappa shape index (κ3) is 4.02. The van der Waals surface area contributed by atoms with Crippen LogP contribution < -0.4 is 10.0 Å². The minimum atomic E-state index is -3.98. The zero-order valence-electron chi connectivity index (χ0n) is 18.4. The van der Waals surface area contributed by atoms with E-state index in [0.29, 0.717) is 11.3 Å². The number of carbonyl (C=O) groups excluding carboxylic acids is 1. The highest BCUT2D eigenvalue weighted by atomic mass is 32.2. The standard InChI is InChI=1S/C24H21N5O3S2/c1-3-29-20-7-5-4-6-18(20)19-14-17(12-13-21(19)29)28-34(31,32)24-27-26-23(33-24)25-22(30)16-10-8-15(2)9-11-16/h4-14,28H,3H2,1-2H3,(H,25,26,30). The SMILES string of the molecule is CCn1c2ccccc2c2cc(NS(=O)(=O)c3nnc(NC(=O)c4ccc(C)cc4)s3)ccc21. The molecular formula is C24H21N5O3S2. The molecule has 0 fully saturated rings. The smallest absolute Gasteiger partial charge is 0.291 e. The van der Waals surface area contributed by atoms with Crippen molar-refractivity contribution >= 4 is 59.9 Å². The van der Waals surface area contributed by atoms with Crippen molar-refractivity contribution in [1.29, 1.82) is 0 Å². The topological polar surface area (TPSA) is 106 Å². The number of benzene rings is 3. The fourth-order valence-electron chi connectivity index (χ4n) is 3.90. The van der Waals surface area contributed by atoms with Crippen molar-refractivity contribution in [1.82, 2.24) is 14.8 Å². The van der Waals surface area contributed by atoms with E-state index in [0.717, 1.165) is 45.3 Å². The summed E-state index contributed by atoms with van der Waals surface area (Å²) < 4.78 is 30.4. The van der Waals surface area contributed by atoms with Gasteiger partial charge in [0.05, 0.1) is 0 Å².